The Morgan fingerprint density at radius 2 is 1.90 bits per heavy atom. The molecule has 0 radical (unpaired) electrons. The summed E-state index contributed by atoms with van der Waals surface area (Å²) in [6.45, 7) is 8.32. The predicted octanol–water partition coefficient (Wildman–Crippen LogP) is 5.26. The van der Waals surface area contributed by atoms with Gasteiger partial charge in [0.2, 0.25) is 5.79 Å². The van der Waals surface area contributed by atoms with Crippen molar-refractivity contribution in [2.24, 2.45) is 5.92 Å². The molecule has 2 rings (SSSR count). The monoisotopic (exact) mass is 396 g/mol. The number of benzene rings is 1. The largest absolute Gasteiger partial charge is 0.461 e. The third-order valence-corrected chi connectivity index (χ3v) is 4.94. The zero-order chi connectivity index (χ0) is 21.3. The molecular weight excluding hydrogens is 364 g/mol. The van der Waals surface area contributed by atoms with Crippen LogP contribution in [0.15, 0.2) is 77.4 Å². The molecular formula is C25H32O4. The van der Waals surface area contributed by atoms with Gasteiger partial charge in [-0.05, 0) is 57.7 Å². The molecule has 29 heavy (non-hydrogen) atoms. The molecule has 2 unspecified atom stereocenters. The number of hydrogen-bond donors (Lipinski definition) is 1. The third kappa shape index (κ3) is 6.84. The van der Waals surface area contributed by atoms with Gasteiger partial charge in [0.25, 0.3) is 0 Å². The van der Waals surface area contributed by atoms with E-state index in [2.05, 4.69) is 19.9 Å². The summed E-state index contributed by atoms with van der Waals surface area (Å²) < 4.78 is 11.2. The average Bonchev–Trinajstić information content (AvgIpc) is 2.69. The van der Waals surface area contributed by atoms with Gasteiger partial charge in [-0.2, -0.15) is 0 Å². The van der Waals surface area contributed by atoms with Gasteiger partial charge in [-0.25, -0.2) is 0 Å². The number of carbonyl (C=O) groups excluding carboxylic acids is 1. The van der Waals surface area contributed by atoms with Crippen molar-refractivity contribution < 1.29 is 19.4 Å². The molecule has 0 fully saturated rings. The van der Waals surface area contributed by atoms with Crippen LogP contribution in [0.25, 0.3) is 0 Å². The topological polar surface area (TPSA) is 55.8 Å². The van der Waals surface area contributed by atoms with E-state index in [0.29, 0.717) is 5.57 Å². The van der Waals surface area contributed by atoms with Gasteiger partial charge in [-0.1, -0.05) is 65.8 Å². The van der Waals surface area contributed by atoms with E-state index >= 15 is 0 Å². The maximum absolute atomic E-state index is 12.7. The van der Waals surface area contributed by atoms with Crippen LogP contribution in [0.3, 0.4) is 0 Å². The normalized spacial score (nSPS) is 21.5. The van der Waals surface area contributed by atoms with E-state index in [9.17, 15) is 9.90 Å². The lowest BCUT2D eigenvalue weighted by molar-refractivity contribution is -0.216. The lowest BCUT2D eigenvalue weighted by Gasteiger charge is -2.35. The highest BCUT2D eigenvalue weighted by molar-refractivity contribution is 5.77. The molecule has 1 aromatic rings. The Morgan fingerprint density at radius 1 is 1.17 bits per heavy atom. The van der Waals surface area contributed by atoms with Crippen molar-refractivity contribution in [3.63, 3.8) is 0 Å². The average molecular weight is 397 g/mol. The summed E-state index contributed by atoms with van der Waals surface area (Å²) in [6, 6.07) is 9.56. The first-order valence-electron chi connectivity index (χ1n) is 10.0. The number of esters is 1. The minimum atomic E-state index is -1.72. The molecule has 0 bridgehead atoms. The third-order valence-electron chi connectivity index (χ3n) is 4.94. The van der Waals surface area contributed by atoms with Gasteiger partial charge < -0.3 is 14.6 Å². The van der Waals surface area contributed by atoms with Crippen LogP contribution in [-0.2, 0) is 20.9 Å². The van der Waals surface area contributed by atoms with Crippen LogP contribution in [0.5, 0.6) is 0 Å². The molecule has 0 aromatic heterocycles. The molecule has 4 nitrogen and oxygen atoms in total. The van der Waals surface area contributed by atoms with E-state index in [1.807, 2.05) is 43.3 Å². The van der Waals surface area contributed by atoms with Crippen LogP contribution < -0.4 is 0 Å². The summed E-state index contributed by atoms with van der Waals surface area (Å²) >= 11 is 0. The second-order valence-corrected chi connectivity index (χ2v) is 7.68. The van der Waals surface area contributed by atoms with Crippen molar-refractivity contribution in [1.82, 2.24) is 0 Å². The Labute approximate surface area is 174 Å². The van der Waals surface area contributed by atoms with Crippen LogP contribution in [0.1, 0.15) is 46.1 Å². The summed E-state index contributed by atoms with van der Waals surface area (Å²) in [7, 11) is 0. The number of allylic oxidation sites excluding steroid dienone is 5. The van der Waals surface area contributed by atoms with Crippen LogP contribution in [0.4, 0.5) is 0 Å². The van der Waals surface area contributed by atoms with Crippen molar-refractivity contribution in [2.45, 2.75) is 52.9 Å². The molecule has 0 saturated heterocycles. The second kappa shape index (κ2) is 10.9. The van der Waals surface area contributed by atoms with E-state index in [1.165, 1.54) is 11.1 Å². The Hall–Kier alpha value is -2.43. The van der Waals surface area contributed by atoms with Crippen LogP contribution in [-0.4, -0.2) is 23.5 Å². The van der Waals surface area contributed by atoms with E-state index in [0.717, 1.165) is 18.4 Å². The van der Waals surface area contributed by atoms with E-state index in [-0.39, 0.29) is 13.2 Å². The van der Waals surface area contributed by atoms with Gasteiger partial charge in [0.05, 0.1) is 6.61 Å². The fraction of sp³-hybridized carbons (Fsp3) is 0.400. The summed E-state index contributed by atoms with van der Waals surface area (Å²) in [5, 5.41) is 11.1. The molecule has 1 N–H and O–H groups in total. The van der Waals surface area contributed by atoms with Gasteiger partial charge in [-0.3, -0.25) is 4.79 Å². The summed E-state index contributed by atoms with van der Waals surface area (Å²) in [6.07, 6.45) is 11.1. The lowest BCUT2D eigenvalue weighted by Crippen LogP contribution is -2.46. The Kier molecular flexibility index (Phi) is 8.62. The van der Waals surface area contributed by atoms with Crippen molar-refractivity contribution in [1.29, 1.82) is 0 Å². The van der Waals surface area contributed by atoms with Gasteiger partial charge in [0.1, 0.15) is 12.5 Å². The first-order chi connectivity index (χ1) is 13.8. The molecule has 2 atom stereocenters. The van der Waals surface area contributed by atoms with Gasteiger partial charge >= 0.3 is 5.97 Å². The molecule has 0 amide bonds. The molecule has 156 valence electrons. The zero-order valence-corrected chi connectivity index (χ0v) is 17.9. The summed E-state index contributed by atoms with van der Waals surface area (Å²) in [5.74, 6) is -3.13. The Balaban J connectivity index is 1.96. The van der Waals surface area contributed by atoms with Gasteiger partial charge in [0, 0.05) is 0 Å². The fourth-order valence-electron chi connectivity index (χ4n) is 3.06. The fourth-order valence-corrected chi connectivity index (χ4v) is 3.06. The minimum Gasteiger partial charge on any atom is -0.461 e. The summed E-state index contributed by atoms with van der Waals surface area (Å²) in [4.78, 5) is 12.7. The van der Waals surface area contributed by atoms with Crippen molar-refractivity contribution in [3.05, 3.63) is 83.0 Å². The molecule has 0 saturated carbocycles. The Morgan fingerprint density at radius 3 is 2.59 bits per heavy atom. The van der Waals surface area contributed by atoms with E-state index in [1.54, 1.807) is 25.2 Å². The molecule has 0 heterocycles. The van der Waals surface area contributed by atoms with Crippen LogP contribution >= 0.6 is 0 Å². The highest BCUT2D eigenvalue weighted by Crippen LogP contribution is 2.34. The first-order valence-corrected chi connectivity index (χ1v) is 10.0. The second-order valence-electron chi connectivity index (χ2n) is 7.68. The molecule has 4 heteroatoms. The number of carbonyl (C=O) groups is 1. The van der Waals surface area contributed by atoms with Crippen molar-refractivity contribution in [3.8, 4) is 0 Å². The highest BCUT2D eigenvalue weighted by atomic mass is 16.6. The molecule has 0 spiro atoms. The summed E-state index contributed by atoms with van der Waals surface area (Å²) in [5.41, 5.74) is 3.96. The zero-order valence-electron chi connectivity index (χ0n) is 17.9. The van der Waals surface area contributed by atoms with Crippen molar-refractivity contribution >= 4 is 5.97 Å². The Bertz CT molecular complexity index is 797. The van der Waals surface area contributed by atoms with Crippen LogP contribution in [0.2, 0.25) is 0 Å². The maximum Gasteiger partial charge on any atom is 0.319 e. The van der Waals surface area contributed by atoms with Crippen molar-refractivity contribution in [2.75, 3.05) is 6.61 Å². The van der Waals surface area contributed by atoms with Crippen LogP contribution in [0, 0.1) is 5.92 Å². The quantitative estimate of drug-likeness (QED) is 0.351. The number of rotatable bonds is 9. The minimum absolute atomic E-state index is 0.182. The van der Waals surface area contributed by atoms with Gasteiger partial charge in [0.15, 0.2) is 0 Å². The molecule has 1 aliphatic carbocycles. The molecule has 0 aliphatic heterocycles. The standard InChI is InChI=1S/C25H32O4/c1-19(2)10-8-11-20(3)16-17-28-24(26)23-15-9-12-21(4)25(23,27)29-18-22-13-6-5-7-14-22/h5-7,9-10,12-16,23,27H,8,11,17-18H2,1-4H3/b20-16+. The smallest absolute Gasteiger partial charge is 0.319 e. The number of hydrogen-bond acceptors (Lipinski definition) is 4. The SMILES string of the molecule is CC(C)=CCC/C(C)=C/COC(=O)C1C=CC=C(C)C1(O)OCc1ccccc1. The van der Waals surface area contributed by atoms with E-state index < -0.39 is 17.7 Å². The molecule has 1 aromatic carbocycles. The lowest BCUT2D eigenvalue weighted by atomic mass is 9.87. The predicted molar refractivity (Wildman–Crippen MR) is 116 cm³/mol. The molecule has 1 aliphatic rings. The maximum atomic E-state index is 12.7. The highest BCUT2D eigenvalue weighted by Gasteiger charge is 2.45. The van der Waals surface area contributed by atoms with E-state index in [4.69, 9.17) is 9.47 Å². The first kappa shape index (κ1) is 22.9. The number of aliphatic hydroxyl groups is 1. The number of ether oxygens (including phenoxy) is 2. The van der Waals surface area contributed by atoms with Gasteiger partial charge in [-0.15, -0.1) is 0 Å².